The molecular formula is C36H6Cl6N6. The lowest BCUT2D eigenvalue weighted by Gasteiger charge is -2.19. The molecule has 4 aromatic rings. The first kappa shape index (κ1) is 31.4. The van der Waals surface area contributed by atoms with Crippen molar-refractivity contribution in [3.8, 4) is 69.8 Å². The standard InChI is InChI=1S/C36H6Cl6N6/c37-22-1-16-19(4-25(22)40)31-34(28(16)13(7-43)8-44)32-20-5-26(41)23(38)2-17(20)30(15(11-47)12-48)36(32)33-21-6-27(42)24(39)3-18(21)29(35(31)33)14(9-45)10-46/h1-6H. The number of nitrogens with zero attached hydrogens (tertiary/aromatic N) is 6. The molecule has 0 unspecified atom stereocenters. The molecule has 0 saturated carbocycles. The Balaban J connectivity index is 1.91. The second-order valence-electron chi connectivity index (χ2n) is 10.6. The van der Waals surface area contributed by atoms with Gasteiger partial charge in [-0.05, 0) is 86.5 Å². The van der Waals surface area contributed by atoms with Crippen LogP contribution >= 0.6 is 69.6 Å². The van der Waals surface area contributed by atoms with Crippen LogP contribution in [0, 0.1) is 68.0 Å². The molecule has 0 heterocycles. The predicted octanol–water partition coefficient (Wildman–Crippen LogP) is 11.1. The van der Waals surface area contributed by atoms with Gasteiger partial charge in [-0.3, -0.25) is 0 Å². The fraction of sp³-hybridized carbons (Fsp3) is 0. The third kappa shape index (κ3) is 4.01. The van der Waals surface area contributed by atoms with Gasteiger partial charge in [0.15, 0.2) is 0 Å². The minimum absolute atomic E-state index is 0.142. The summed E-state index contributed by atoms with van der Waals surface area (Å²) in [5.41, 5.74) is 4.57. The van der Waals surface area contributed by atoms with E-state index in [0.717, 1.165) is 0 Å². The van der Waals surface area contributed by atoms with E-state index in [-0.39, 0.29) is 63.6 Å². The topological polar surface area (TPSA) is 143 Å². The molecule has 0 fully saturated rings. The molecule has 3 aliphatic rings. The number of nitriles is 6. The molecule has 0 bridgehead atoms. The van der Waals surface area contributed by atoms with E-state index < -0.39 is 0 Å². The highest BCUT2D eigenvalue weighted by atomic mass is 35.5. The van der Waals surface area contributed by atoms with Crippen LogP contribution < -0.4 is 0 Å². The molecule has 12 heteroatoms. The average Bonchev–Trinajstić information content (AvgIpc) is 3.66. The number of hydrogen-bond acceptors (Lipinski definition) is 6. The lowest BCUT2D eigenvalue weighted by atomic mass is 9.82. The lowest BCUT2D eigenvalue weighted by Crippen LogP contribution is -1.99. The minimum atomic E-state index is -0.275. The molecule has 0 N–H and O–H groups in total. The van der Waals surface area contributed by atoms with Gasteiger partial charge in [0.1, 0.15) is 53.1 Å². The molecule has 0 aromatic heterocycles. The van der Waals surface area contributed by atoms with Crippen LogP contribution in [-0.2, 0) is 0 Å². The third-order valence-electron chi connectivity index (χ3n) is 8.47. The highest BCUT2D eigenvalue weighted by Gasteiger charge is 2.45. The van der Waals surface area contributed by atoms with Crippen molar-refractivity contribution in [1.29, 1.82) is 31.6 Å². The van der Waals surface area contributed by atoms with E-state index in [1.54, 1.807) is 18.2 Å². The monoisotopic (exact) mass is 732 g/mol. The Morgan fingerprint density at radius 1 is 0.312 bits per heavy atom. The van der Waals surface area contributed by atoms with Crippen molar-refractivity contribution < 1.29 is 0 Å². The van der Waals surface area contributed by atoms with E-state index in [9.17, 15) is 31.6 Å². The van der Waals surface area contributed by atoms with Gasteiger partial charge in [-0.25, -0.2) is 0 Å². The van der Waals surface area contributed by atoms with Crippen LogP contribution in [0.1, 0.15) is 33.4 Å². The minimum Gasteiger partial charge on any atom is -0.192 e. The Labute approximate surface area is 302 Å². The van der Waals surface area contributed by atoms with Crippen molar-refractivity contribution in [3.05, 3.63) is 117 Å². The molecule has 0 amide bonds. The molecule has 0 saturated heterocycles. The SMILES string of the molecule is N#CC(C#N)=C1c2cc(Cl)c(Cl)cc2-c2c1c1c(c3c2C(=C(C#N)C#N)c2cc(Cl)c(Cl)cc2-3)C(=C(C#N)C#N)c2cc(Cl)c(Cl)cc2-1. The van der Waals surface area contributed by atoms with E-state index in [2.05, 4.69) is 0 Å². The van der Waals surface area contributed by atoms with E-state index in [1.165, 1.54) is 18.2 Å². The molecule has 4 aromatic carbocycles. The lowest BCUT2D eigenvalue weighted by molar-refractivity contribution is 1.45. The Bertz CT molecular complexity index is 2330. The second-order valence-corrected chi connectivity index (χ2v) is 13.0. The highest BCUT2D eigenvalue weighted by Crippen LogP contribution is 2.66. The largest absolute Gasteiger partial charge is 0.192 e. The number of allylic oxidation sites excluding steroid dienone is 3. The molecule has 0 aliphatic heterocycles. The maximum atomic E-state index is 10.3. The van der Waals surface area contributed by atoms with Gasteiger partial charge in [-0.1, -0.05) is 69.6 Å². The summed E-state index contributed by atoms with van der Waals surface area (Å²) in [4.78, 5) is 0. The quantitative estimate of drug-likeness (QED) is 0.142. The molecule has 0 atom stereocenters. The molecule has 0 radical (unpaired) electrons. The van der Waals surface area contributed by atoms with Crippen LogP contribution in [0.25, 0.3) is 50.1 Å². The van der Waals surface area contributed by atoms with Gasteiger partial charge < -0.3 is 0 Å². The summed E-state index contributed by atoms with van der Waals surface area (Å²) in [6.07, 6.45) is 0. The Morgan fingerprint density at radius 3 is 0.688 bits per heavy atom. The van der Waals surface area contributed by atoms with Gasteiger partial charge in [-0.2, -0.15) is 31.6 Å². The zero-order valence-electron chi connectivity index (χ0n) is 23.4. The Kier molecular flexibility index (Phi) is 7.32. The van der Waals surface area contributed by atoms with E-state index in [4.69, 9.17) is 69.6 Å². The highest BCUT2D eigenvalue weighted by molar-refractivity contribution is 6.44. The van der Waals surface area contributed by atoms with Crippen molar-refractivity contribution in [2.24, 2.45) is 0 Å². The van der Waals surface area contributed by atoms with Crippen molar-refractivity contribution >= 4 is 86.3 Å². The van der Waals surface area contributed by atoms with Gasteiger partial charge in [-0.15, -0.1) is 0 Å². The maximum absolute atomic E-state index is 10.3. The summed E-state index contributed by atoms with van der Waals surface area (Å²) in [7, 11) is 0. The van der Waals surface area contributed by atoms with Crippen LogP contribution in [-0.4, -0.2) is 0 Å². The smallest absolute Gasteiger partial charge is 0.138 e. The van der Waals surface area contributed by atoms with Crippen molar-refractivity contribution in [2.75, 3.05) is 0 Å². The van der Waals surface area contributed by atoms with E-state index in [1.807, 2.05) is 36.4 Å². The molecule has 222 valence electrons. The van der Waals surface area contributed by atoms with Crippen LogP contribution in [0.5, 0.6) is 0 Å². The number of rotatable bonds is 0. The second kappa shape index (κ2) is 11.2. The van der Waals surface area contributed by atoms with Gasteiger partial charge >= 0.3 is 0 Å². The van der Waals surface area contributed by atoms with Gasteiger partial charge in [0, 0.05) is 33.4 Å². The van der Waals surface area contributed by atoms with Gasteiger partial charge in [0.05, 0.1) is 30.1 Å². The summed E-state index contributed by atoms with van der Waals surface area (Å²) in [5.74, 6) is 0. The summed E-state index contributed by atoms with van der Waals surface area (Å²) in [6.45, 7) is 0. The van der Waals surface area contributed by atoms with Crippen LogP contribution in [0.4, 0.5) is 0 Å². The molecular weight excluding hydrogens is 729 g/mol. The Hall–Kier alpha value is -5.22. The van der Waals surface area contributed by atoms with Crippen molar-refractivity contribution in [2.45, 2.75) is 0 Å². The first-order chi connectivity index (χ1) is 23.1. The van der Waals surface area contributed by atoms with Gasteiger partial charge in [0.2, 0.25) is 0 Å². The number of fused-ring (bicyclic) bond motifs is 12. The number of halogens is 6. The fourth-order valence-electron chi connectivity index (χ4n) is 6.78. The molecule has 0 spiro atoms. The van der Waals surface area contributed by atoms with Crippen LogP contribution in [0.2, 0.25) is 30.1 Å². The molecule has 48 heavy (non-hydrogen) atoms. The summed E-state index contributed by atoms with van der Waals surface area (Å²) in [6, 6.07) is 21.3. The zero-order chi connectivity index (χ0) is 34.3. The zero-order valence-corrected chi connectivity index (χ0v) is 28.0. The summed E-state index contributed by atoms with van der Waals surface area (Å²) >= 11 is 39.3. The van der Waals surface area contributed by atoms with E-state index in [0.29, 0.717) is 66.8 Å². The fourth-order valence-corrected chi connectivity index (χ4v) is 7.76. The van der Waals surface area contributed by atoms with Gasteiger partial charge in [0.25, 0.3) is 0 Å². The van der Waals surface area contributed by atoms with Crippen LogP contribution in [0.15, 0.2) is 53.1 Å². The van der Waals surface area contributed by atoms with E-state index >= 15 is 0 Å². The third-order valence-corrected chi connectivity index (χ3v) is 10.6. The first-order valence-corrected chi connectivity index (χ1v) is 15.7. The average molecular weight is 735 g/mol. The molecule has 7 rings (SSSR count). The normalized spacial score (nSPS) is 12.1. The summed E-state index contributed by atoms with van der Waals surface area (Å²) in [5, 5.41) is 62.5. The number of benzene rings is 4. The Morgan fingerprint density at radius 2 is 0.500 bits per heavy atom. The summed E-state index contributed by atoms with van der Waals surface area (Å²) < 4.78 is 0. The number of hydrogen-bond donors (Lipinski definition) is 0. The van der Waals surface area contributed by atoms with Crippen LogP contribution in [0.3, 0.4) is 0 Å². The molecule has 3 aliphatic carbocycles. The predicted molar refractivity (Wildman–Crippen MR) is 185 cm³/mol. The maximum Gasteiger partial charge on any atom is 0.138 e. The van der Waals surface area contributed by atoms with Crippen molar-refractivity contribution in [3.63, 3.8) is 0 Å². The first-order valence-electron chi connectivity index (χ1n) is 13.4. The molecule has 6 nitrogen and oxygen atoms in total. The van der Waals surface area contributed by atoms with Crippen molar-refractivity contribution in [1.82, 2.24) is 0 Å².